The van der Waals surface area contributed by atoms with E-state index >= 15 is 0 Å². The van der Waals surface area contributed by atoms with E-state index in [0.717, 1.165) is 28.6 Å². The maximum Gasteiger partial charge on any atom is 0.352 e. The quantitative estimate of drug-likeness (QED) is 0.375. The monoisotopic (exact) mass is 430 g/mol. The minimum absolute atomic E-state index is 0.161. The Labute approximate surface area is 187 Å². The molecule has 0 bridgehead atoms. The van der Waals surface area contributed by atoms with E-state index in [4.69, 9.17) is 0 Å². The standard InChI is InChI=1S/C27H27FN2O2/c1-18-12-13-22-23(16-29-15-19(2)20-8-4-3-5-9-20)26(27(31)32)30(25(22)14-18)17-21-10-6-7-11-24(21)28/h3-14,19,29H,15-17H2,1-2H3,(H,31,32). The first-order chi connectivity index (χ1) is 15.5. The number of carbonyl (C=O) groups is 1. The Morgan fingerprint density at radius 1 is 1.06 bits per heavy atom. The first-order valence-electron chi connectivity index (χ1n) is 10.8. The van der Waals surface area contributed by atoms with Gasteiger partial charge in [0.2, 0.25) is 0 Å². The van der Waals surface area contributed by atoms with Crippen LogP contribution in [0.25, 0.3) is 10.9 Å². The first-order valence-corrected chi connectivity index (χ1v) is 10.8. The van der Waals surface area contributed by atoms with Crippen molar-refractivity contribution in [2.24, 2.45) is 0 Å². The number of halogens is 1. The van der Waals surface area contributed by atoms with Crippen molar-refractivity contribution in [2.75, 3.05) is 6.54 Å². The second-order valence-electron chi connectivity index (χ2n) is 8.27. The second-order valence-corrected chi connectivity index (χ2v) is 8.27. The van der Waals surface area contributed by atoms with Gasteiger partial charge >= 0.3 is 5.97 Å². The van der Waals surface area contributed by atoms with Crippen molar-refractivity contribution in [3.63, 3.8) is 0 Å². The highest BCUT2D eigenvalue weighted by molar-refractivity contribution is 5.98. The van der Waals surface area contributed by atoms with Crippen molar-refractivity contribution in [2.45, 2.75) is 32.9 Å². The number of fused-ring (bicyclic) bond motifs is 1. The maximum absolute atomic E-state index is 14.4. The summed E-state index contributed by atoms with van der Waals surface area (Å²) in [5.41, 5.74) is 4.46. The molecule has 0 aliphatic heterocycles. The van der Waals surface area contributed by atoms with Crippen molar-refractivity contribution in [1.29, 1.82) is 0 Å². The molecule has 32 heavy (non-hydrogen) atoms. The fourth-order valence-corrected chi connectivity index (χ4v) is 4.23. The van der Waals surface area contributed by atoms with Crippen molar-refractivity contribution in [3.05, 3.63) is 107 Å². The molecule has 1 aromatic heterocycles. The number of hydrogen-bond acceptors (Lipinski definition) is 2. The van der Waals surface area contributed by atoms with E-state index in [1.165, 1.54) is 11.6 Å². The molecule has 0 aliphatic carbocycles. The lowest BCUT2D eigenvalue weighted by molar-refractivity contribution is 0.0684. The van der Waals surface area contributed by atoms with Gasteiger partial charge in [-0.25, -0.2) is 9.18 Å². The Kier molecular flexibility index (Phi) is 6.37. The lowest BCUT2D eigenvalue weighted by atomic mass is 10.0. The summed E-state index contributed by atoms with van der Waals surface area (Å²) in [4.78, 5) is 12.3. The zero-order valence-electron chi connectivity index (χ0n) is 18.3. The van der Waals surface area contributed by atoms with Crippen molar-refractivity contribution < 1.29 is 14.3 Å². The van der Waals surface area contributed by atoms with Gasteiger partial charge in [-0.1, -0.05) is 67.6 Å². The predicted octanol–water partition coefficient (Wildman–Crippen LogP) is 5.73. The highest BCUT2D eigenvalue weighted by Gasteiger charge is 2.23. The van der Waals surface area contributed by atoms with E-state index in [-0.39, 0.29) is 18.1 Å². The Morgan fingerprint density at radius 2 is 1.78 bits per heavy atom. The molecule has 5 heteroatoms. The molecule has 4 nitrogen and oxygen atoms in total. The number of aromatic carboxylic acids is 1. The van der Waals surface area contributed by atoms with Crippen LogP contribution in [0.2, 0.25) is 0 Å². The zero-order valence-corrected chi connectivity index (χ0v) is 18.3. The summed E-state index contributed by atoms with van der Waals surface area (Å²) in [6.45, 7) is 5.41. The van der Waals surface area contributed by atoms with E-state index in [1.54, 1.807) is 22.8 Å². The summed E-state index contributed by atoms with van der Waals surface area (Å²) in [5.74, 6) is -1.06. The van der Waals surface area contributed by atoms with Crippen LogP contribution in [0, 0.1) is 12.7 Å². The summed E-state index contributed by atoms with van der Waals surface area (Å²) >= 11 is 0. The van der Waals surface area contributed by atoms with E-state index in [0.29, 0.717) is 18.0 Å². The summed E-state index contributed by atoms with van der Waals surface area (Å²) in [6.07, 6.45) is 0. The third kappa shape index (κ3) is 4.43. The maximum atomic E-state index is 14.4. The van der Waals surface area contributed by atoms with Gasteiger partial charge in [0.1, 0.15) is 11.5 Å². The summed E-state index contributed by atoms with van der Waals surface area (Å²) < 4.78 is 16.1. The van der Waals surface area contributed by atoms with Gasteiger partial charge in [-0.2, -0.15) is 0 Å². The molecule has 3 aromatic carbocycles. The van der Waals surface area contributed by atoms with E-state index in [2.05, 4.69) is 24.4 Å². The smallest absolute Gasteiger partial charge is 0.352 e. The van der Waals surface area contributed by atoms with Gasteiger partial charge in [-0.15, -0.1) is 0 Å². The van der Waals surface area contributed by atoms with E-state index in [1.807, 2.05) is 43.3 Å². The van der Waals surface area contributed by atoms with Gasteiger partial charge < -0.3 is 15.0 Å². The number of hydrogen-bond donors (Lipinski definition) is 2. The van der Waals surface area contributed by atoms with Crippen LogP contribution in [0.5, 0.6) is 0 Å². The number of nitrogens with zero attached hydrogens (tertiary/aromatic N) is 1. The number of carboxylic acids is 1. The molecule has 1 atom stereocenters. The van der Waals surface area contributed by atoms with E-state index < -0.39 is 5.97 Å². The van der Waals surface area contributed by atoms with Crippen molar-refractivity contribution in [1.82, 2.24) is 9.88 Å². The second kappa shape index (κ2) is 9.37. The zero-order chi connectivity index (χ0) is 22.7. The Balaban J connectivity index is 1.69. The van der Waals surface area contributed by atoms with Gasteiger partial charge in [-0.3, -0.25) is 0 Å². The molecule has 0 spiro atoms. The van der Waals surface area contributed by atoms with Crippen LogP contribution in [0.1, 0.15) is 45.6 Å². The summed E-state index contributed by atoms with van der Waals surface area (Å²) in [7, 11) is 0. The molecular formula is C27H27FN2O2. The first kappa shape index (κ1) is 21.8. The molecule has 164 valence electrons. The minimum atomic E-state index is -1.01. The number of aromatic nitrogens is 1. The van der Waals surface area contributed by atoms with Crippen LogP contribution in [-0.2, 0) is 13.1 Å². The summed E-state index contributed by atoms with van der Waals surface area (Å²) in [6, 6.07) is 22.7. The number of nitrogens with one attached hydrogen (secondary N) is 1. The molecular weight excluding hydrogens is 403 g/mol. The van der Waals surface area contributed by atoms with Crippen LogP contribution < -0.4 is 5.32 Å². The van der Waals surface area contributed by atoms with Gasteiger partial charge in [0.05, 0.1) is 6.54 Å². The Hall–Kier alpha value is -3.44. The number of carboxylic acid groups (broad SMARTS) is 1. The number of aryl methyl sites for hydroxylation is 1. The van der Waals surface area contributed by atoms with Gasteiger partial charge in [0.25, 0.3) is 0 Å². The van der Waals surface area contributed by atoms with Gasteiger partial charge in [0, 0.05) is 35.1 Å². The minimum Gasteiger partial charge on any atom is -0.477 e. The highest BCUT2D eigenvalue weighted by atomic mass is 19.1. The fraction of sp³-hybridized carbons (Fsp3) is 0.222. The van der Waals surface area contributed by atoms with Crippen LogP contribution >= 0.6 is 0 Å². The lowest BCUT2D eigenvalue weighted by Gasteiger charge is -2.14. The van der Waals surface area contributed by atoms with Gasteiger partial charge in [0.15, 0.2) is 0 Å². The molecule has 4 rings (SSSR count). The lowest BCUT2D eigenvalue weighted by Crippen LogP contribution is -2.21. The number of benzene rings is 3. The third-order valence-electron chi connectivity index (χ3n) is 5.93. The fourth-order valence-electron chi connectivity index (χ4n) is 4.23. The topological polar surface area (TPSA) is 54.3 Å². The summed E-state index contributed by atoms with van der Waals surface area (Å²) in [5, 5.41) is 14.4. The molecule has 0 amide bonds. The van der Waals surface area contributed by atoms with Crippen LogP contribution in [0.3, 0.4) is 0 Å². The number of rotatable bonds is 8. The Bertz CT molecular complexity index is 1250. The van der Waals surface area contributed by atoms with Crippen LogP contribution in [0.4, 0.5) is 4.39 Å². The molecule has 2 N–H and O–H groups in total. The molecule has 0 saturated carbocycles. The molecule has 1 heterocycles. The van der Waals surface area contributed by atoms with Crippen LogP contribution in [-0.4, -0.2) is 22.2 Å². The molecule has 0 saturated heterocycles. The third-order valence-corrected chi connectivity index (χ3v) is 5.93. The molecule has 0 fully saturated rings. The van der Waals surface area contributed by atoms with Gasteiger partial charge in [-0.05, 0) is 36.1 Å². The largest absolute Gasteiger partial charge is 0.477 e. The molecule has 0 radical (unpaired) electrons. The Morgan fingerprint density at radius 3 is 2.50 bits per heavy atom. The molecule has 1 unspecified atom stereocenters. The molecule has 4 aromatic rings. The SMILES string of the molecule is Cc1ccc2c(CNCC(C)c3ccccc3)c(C(=O)O)n(Cc3ccccc3F)c2c1. The normalized spacial score (nSPS) is 12.2. The van der Waals surface area contributed by atoms with E-state index in [9.17, 15) is 14.3 Å². The van der Waals surface area contributed by atoms with Crippen molar-refractivity contribution >= 4 is 16.9 Å². The van der Waals surface area contributed by atoms with Crippen molar-refractivity contribution in [3.8, 4) is 0 Å². The molecule has 0 aliphatic rings. The highest BCUT2D eigenvalue weighted by Crippen LogP contribution is 2.29. The average molecular weight is 431 g/mol. The predicted molar refractivity (Wildman–Crippen MR) is 126 cm³/mol. The van der Waals surface area contributed by atoms with Crippen LogP contribution in [0.15, 0.2) is 72.8 Å². The average Bonchev–Trinajstić information content (AvgIpc) is 3.08.